The quantitative estimate of drug-likeness (QED) is 0.495. The van der Waals surface area contributed by atoms with E-state index in [2.05, 4.69) is 4.90 Å². The van der Waals surface area contributed by atoms with Crippen LogP contribution in [0.25, 0.3) is 6.08 Å². The van der Waals surface area contributed by atoms with E-state index in [4.69, 9.17) is 25.8 Å². The number of carbonyl (C=O) groups excluding carboxylic acids is 1. The summed E-state index contributed by atoms with van der Waals surface area (Å²) < 4.78 is 16.6. The summed E-state index contributed by atoms with van der Waals surface area (Å²) in [6.45, 7) is 4.58. The highest BCUT2D eigenvalue weighted by Crippen LogP contribution is 2.26. The molecule has 0 N–H and O–H groups in total. The van der Waals surface area contributed by atoms with Crippen LogP contribution in [0.5, 0.6) is 11.5 Å². The Morgan fingerprint density at radius 1 is 1.18 bits per heavy atom. The van der Waals surface area contributed by atoms with E-state index in [0.717, 1.165) is 38.4 Å². The van der Waals surface area contributed by atoms with Crippen LogP contribution in [-0.4, -0.2) is 57.2 Å². The largest absolute Gasteiger partial charge is 0.497 e. The average molecular weight is 402 g/mol. The molecule has 0 atom stereocenters. The van der Waals surface area contributed by atoms with Crippen LogP contribution in [0.2, 0.25) is 5.02 Å². The molecule has 1 heterocycles. The van der Waals surface area contributed by atoms with Crippen molar-refractivity contribution in [1.82, 2.24) is 4.90 Å². The number of ketones is 1. The molecular formula is C22H24ClNO4. The van der Waals surface area contributed by atoms with Crippen molar-refractivity contribution < 1.29 is 19.0 Å². The van der Waals surface area contributed by atoms with E-state index in [1.54, 1.807) is 49.6 Å². The number of methoxy groups -OCH3 is 1. The van der Waals surface area contributed by atoms with E-state index in [1.165, 1.54) is 0 Å². The van der Waals surface area contributed by atoms with Crippen molar-refractivity contribution in [3.8, 4) is 11.5 Å². The van der Waals surface area contributed by atoms with Crippen LogP contribution in [0.15, 0.2) is 48.5 Å². The molecule has 28 heavy (non-hydrogen) atoms. The topological polar surface area (TPSA) is 48.0 Å². The molecule has 2 aromatic rings. The van der Waals surface area contributed by atoms with E-state index in [0.29, 0.717) is 28.7 Å². The predicted octanol–water partition coefficient (Wildman–Crippen LogP) is 3.96. The zero-order chi connectivity index (χ0) is 19.8. The van der Waals surface area contributed by atoms with Crippen molar-refractivity contribution in [2.45, 2.75) is 0 Å². The van der Waals surface area contributed by atoms with Crippen LogP contribution in [0, 0.1) is 0 Å². The van der Waals surface area contributed by atoms with E-state index in [1.807, 2.05) is 12.1 Å². The molecule has 1 aliphatic rings. The third-order valence-corrected chi connectivity index (χ3v) is 4.77. The first-order valence-corrected chi connectivity index (χ1v) is 9.62. The molecule has 1 saturated heterocycles. The molecule has 0 aliphatic carbocycles. The van der Waals surface area contributed by atoms with Crippen LogP contribution in [0.3, 0.4) is 0 Å². The maximum Gasteiger partial charge on any atom is 0.189 e. The number of benzene rings is 2. The van der Waals surface area contributed by atoms with Gasteiger partial charge in [0.2, 0.25) is 0 Å². The van der Waals surface area contributed by atoms with Gasteiger partial charge in [-0.2, -0.15) is 0 Å². The van der Waals surface area contributed by atoms with E-state index < -0.39 is 0 Å². The molecule has 0 bridgehead atoms. The highest BCUT2D eigenvalue weighted by molar-refractivity contribution is 6.30. The Labute approximate surface area is 170 Å². The second-order valence-corrected chi connectivity index (χ2v) is 6.85. The molecule has 148 valence electrons. The first-order chi connectivity index (χ1) is 13.7. The number of nitrogens with zero attached hydrogens (tertiary/aromatic N) is 1. The van der Waals surface area contributed by atoms with Crippen molar-refractivity contribution >= 4 is 23.5 Å². The molecule has 1 fully saturated rings. The lowest BCUT2D eigenvalue weighted by Crippen LogP contribution is -2.38. The minimum Gasteiger partial charge on any atom is -0.497 e. The maximum atomic E-state index is 12.7. The van der Waals surface area contributed by atoms with Crippen molar-refractivity contribution in [3.05, 3.63) is 64.7 Å². The summed E-state index contributed by atoms with van der Waals surface area (Å²) in [7, 11) is 1.59. The van der Waals surface area contributed by atoms with Gasteiger partial charge in [-0.3, -0.25) is 9.69 Å². The average Bonchev–Trinajstić information content (AvgIpc) is 2.74. The zero-order valence-corrected chi connectivity index (χ0v) is 16.7. The van der Waals surface area contributed by atoms with E-state index in [9.17, 15) is 4.79 Å². The Morgan fingerprint density at radius 2 is 1.93 bits per heavy atom. The molecule has 0 saturated carbocycles. The Hall–Kier alpha value is -2.34. The lowest BCUT2D eigenvalue weighted by molar-refractivity contribution is 0.0322. The molecule has 1 aliphatic heterocycles. The summed E-state index contributed by atoms with van der Waals surface area (Å²) in [4.78, 5) is 15.0. The highest BCUT2D eigenvalue weighted by Gasteiger charge is 2.14. The van der Waals surface area contributed by atoms with Crippen LogP contribution < -0.4 is 9.47 Å². The Balaban J connectivity index is 1.68. The van der Waals surface area contributed by atoms with Gasteiger partial charge in [0.05, 0.1) is 25.9 Å². The molecule has 0 radical (unpaired) electrons. The number of rotatable bonds is 8. The van der Waals surface area contributed by atoms with Crippen molar-refractivity contribution in [2.75, 3.05) is 46.6 Å². The predicted molar refractivity (Wildman–Crippen MR) is 111 cm³/mol. The van der Waals surface area contributed by atoms with Gasteiger partial charge in [0, 0.05) is 30.7 Å². The van der Waals surface area contributed by atoms with Crippen molar-refractivity contribution in [3.63, 3.8) is 0 Å². The minimum absolute atomic E-state index is 0.126. The number of carbonyl (C=O) groups is 1. The first-order valence-electron chi connectivity index (χ1n) is 9.24. The van der Waals surface area contributed by atoms with E-state index in [-0.39, 0.29) is 5.78 Å². The number of halogens is 1. The van der Waals surface area contributed by atoms with Gasteiger partial charge < -0.3 is 14.2 Å². The van der Waals surface area contributed by atoms with Gasteiger partial charge in [-0.15, -0.1) is 0 Å². The van der Waals surface area contributed by atoms with Gasteiger partial charge in [-0.25, -0.2) is 0 Å². The van der Waals surface area contributed by atoms with Crippen LogP contribution in [0.1, 0.15) is 15.9 Å². The smallest absolute Gasteiger partial charge is 0.189 e. The molecule has 0 aromatic heterocycles. The Bertz CT molecular complexity index is 814. The standard InChI is InChI=1S/C22H24ClNO4/c1-26-19-7-8-20(21(25)9-4-17-2-5-18(23)6-3-17)22(16-19)28-15-12-24-10-13-27-14-11-24/h2-9,16H,10-15H2,1H3. The fourth-order valence-electron chi connectivity index (χ4n) is 2.90. The molecular weight excluding hydrogens is 378 g/mol. The van der Waals surface area contributed by atoms with Gasteiger partial charge in [0.15, 0.2) is 5.78 Å². The molecule has 3 rings (SSSR count). The van der Waals surface area contributed by atoms with Gasteiger partial charge in [-0.1, -0.05) is 29.8 Å². The lowest BCUT2D eigenvalue weighted by Gasteiger charge is -2.26. The summed E-state index contributed by atoms with van der Waals surface area (Å²) >= 11 is 5.89. The second-order valence-electron chi connectivity index (χ2n) is 6.41. The van der Waals surface area contributed by atoms with Crippen molar-refractivity contribution in [1.29, 1.82) is 0 Å². The fraction of sp³-hybridized carbons (Fsp3) is 0.318. The monoisotopic (exact) mass is 401 g/mol. The third-order valence-electron chi connectivity index (χ3n) is 4.52. The molecule has 5 nitrogen and oxygen atoms in total. The summed E-state index contributed by atoms with van der Waals surface area (Å²) in [5.41, 5.74) is 1.41. The molecule has 0 amide bonds. The van der Waals surface area contributed by atoms with Crippen LogP contribution >= 0.6 is 11.6 Å². The van der Waals surface area contributed by atoms with Gasteiger partial charge >= 0.3 is 0 Å². The SMILES string of the molecule is COc1ccc(C(=O)C=Cc2ccc(Cl)cc2)c(OCCN2CCOCC2)c1. The van der Waals surface area contributed by atoms with Gasteiger partial charge in [0.25, 0.3) is 0 Å². The van der Waals surface area contributed by atoms with Crippen molar-refractivity contribution in [2.24, 2.45) is 0 Å². The number of hydrogen-bond acceptors (Lipinski definition) is 5. The van der Waals surface area contributed by atoms with Gasteiger partial charge in [0.1, 0.15) is 18.1 Å². The molecule has 6 heteroatoms. The zero-order valence-electron chi connectivity index (χ0n) is 15.9. The maximum absolute atomic E-state index is 12.7. The number of hydrogen-bond donors (Lipinski definition) is 0. The normalized spacial score (nSPS) is 14.9. The van der Waals surface area contributed by atoms with E-state index >= 15 is 0 Å². The number of morpholine rings is 1. The Kier molecular flexibility index (Phi) is 7.48. The molecule has 2 aromatic carbocycles. The summed E-state index contributed by atoms with van der Waals surface area (Å²) in [6.07, 6.45) is 3.31. The molecule has 0 spiro atoms. The second kappa shape index (κ2) is 10.3. The summed E-state index contributed by atoms with van der Waals surface area (Å²) in [6, 6.07) is 12.6. The number of allylic oxidation sites excluding steroid dienone is 1. The summed E-state index contributed by atoms with van der Waals surface area (Å²) in [5, 5.41) is 0.662. The number of ether oxygens (including phenoxy) is 3. The molecule has 0 unspecified atom stereocenters. The van der Waals surface area contributed by atoms with Gasteiger partial charge in [-0.05, 0) is 35.9 Å². The first kappa shape index (κ1) is 20.4. The minimum atomic E-state index is -0.126. The third kappa shape index (κ3) is 5.83. The fourth-order valence-corrected chi connectivity index (χ4v) is 3.02. The highest BCUT2D eigenvalue weighted by atomic mass is 35.5. The van der Waals surface area contributed by atoms with Crippen LogP contribution in [-0.2, 0) is 4.74 Å². The summed E-state index contributed by atoms with van der Waals surface area (Å²) in [5.74, 6) is 1.05. The lowest BCUT2D eigenvalue weighted by atomic mass is 10.1. The Morgan fingerprint density at radius 3 is 2.64 bits per heavy atom. The van der Waals surface area contributed by atoms with Crippen LogP contribution in [0.4, 0.5) is 0 Å².